The molecule has 2 fully saturated rings. The molecule has 7 nitrogen and oxygen atoms in total. The number of aromatic nitrogens is 1. The molecule has 156 valence electrons. The summed E-state index contributed by atoms with van der Waals surface area (Å²) in [7, 11) is 0. The highest BCUT2D eigenvalue weighted by Gasteiger charge is 2.23. The Balaban J connectivity index is 1.47. The molecule has 0 bridgehead atoms. The van der Waals surface area contributed by atoms with Gasteiger partial charge in [0.05, 0.1) is 35.1 Å². The van der Waals surface area contributed by atoms with Crippen LogP contribution < -0.4 is 9.80 Å². The van der Waals surface area contributed by atoms with Gasteiger partial charge in [-0.3, -0.25) is 4.79 Å². The summed E-state index contributed by atoms with van der Waals surface area (Å²) >= 11 is 6.54. The average Bonchev–Trinajstić information content (AvgIpc) is 3.05. The fourth-order valence-electron chi connectivity index (χ4n) is 3.94. The van der Waals surface area contributed by atoms with Crippen molar-refractivity contribution in [2.45, 2.75) is 6.42 Å². The van der Waals surface area contributed by atoms with Crippen molar-refractivity contribution < 1.29 is 9.53 Å². The van der Waals surface area contributed by atoms with Crippen molar-refractivity contribution in [3.63, 3.8) is 0 Å². The van der Waals surface area contributed by atoms with Crippen molar-refractivity contribution in [3.8, 4) is 6.07 Å². The van der Waals surface area contributed by atoms with Crippen molar-refractivity contribution in [3.05, 3.63) is 52.7 Å². The molecule has 1 aromatic carbocycles. The number of hydrogen-bond acceptors (Lipinski definition) is 6. The van der Waals surface area contributed by atoms with Crippen molar-refractivity contribution in [2.24, 2.45) is 0 Å². The standard InChI is InChI=1S/C22H24ClN5O2/c23-19-14-18(22(29)28-10-12-30-13-11-28)16-25-21(19)27-7-3-6-26(8-9-27)20-5-2-1-4-17(20)15-24/h1-2,4-5,14,16H,3,6-13H2. The number of nitriles is 1. The van der Waals surface area contributed by atoms with Gasteiger partial charge in [-0.15, -0.1) is 0 Å². The highest BCUT2D eigenvalue weighted by atomic mass is 35.5. The lowest BCUT2D eigenvalue weighted by Crippen LogP contribution is -2.40. The van der Waals surface area contributed by atoms with Crippen LogP contribution in [0.25, 0.3) is 0 Å². The van der Waals surface area contributed by atoms with E-state index in [0.717, 1.165) is 38.3 Å². The number of benzene rings is 1. The van der Waals surface area contributed by atoms with Crippen LogP contribution in [0.15, 0.2) is 36.5 Å². The van der Waals surface area contributed by atoms with E-state index in [0.29, 0.717) is 48.3 Å². The molecule has 2 aliphatic heterocycles. The van der Waals surface area contributed by atoms with E-state index in [1.54, 1.807) is 17.2 Å². The average molecular weight is 426 g/mol. The number of pyridine rings is 1. The van der Waals surface area contributed by atoms with E-state index in [2.05, 4.69) is 20.9 Å². The smallest absolute Gasteiger partial charge is 0.255 e. The topological polar surface area (TPSA) is 72.7 Å². The Bertz CT molecular complexity index is 955. The van der Waals surface area contributed by atoms with Crippen LogP contribution in [0.5, 0.6) is 0 Å². The van der Waals surface area contributed by atoms with Gasteiger partial charge in [-0.05, 0) is 24.6 Å². The van der Waals surface area contributed by atoms with Gasteiger partial charge in [0.1, 0.15) is 11.9 Å². The van der Waals surface area contributed by atoms with Crippen LogP contribution in [0.3, 0.4) is 0 Å². The molecular weight excluding hydrogens is 402 g/mol. The summed E-state index contributed by atoms with van der Waals surface area (Å²) < 4.78 is 5.31. The highest BCUT2D eigenvalue weighted by molar-refractivity contribution is 6.33. The molecule has 8 heteroatoms. The lowest BCUT2D eigenvalue weighted by Gasteiger charge is -2.27. The van der Waals surface area contributed by atoms with Gasteiger partial charge >= 0.3 is 0 Å². The second-order valence-electron chi connectivity index (χ2n) is 7.39. The van der Waals surface area contributed by atoms with Gasteiger partial charge < -0.3 is 19.4 Å². The Morgan fingerprint density at radius 2 is 1.80 bits per heavy atom. The van der Waals surface area contributed by atoms with E-state index in [4.69, 9.17) is 16.3 Å². The number of carbonyl (C=O) groups excluding carboxylic acids is 1. The quantitative estimate of drug-likeness (QED) is 0.752. The first kappa shape index (κ1) is 20.5. The third-order valence-electron chi connectivity index (χ3n) is 5.53. The molecule has 2 aromatic rings. The summed E-state index contributed by atoms with van der Waals surface area (Å²) in [6, 6.07) is 11.7. The molecule has 0 spiro atoms. The fraction of sp³-hybridized carbons (Fsp3) is 0.409. The van der Waals surface area contributed by atoms with Crippen LogP contribution in [0, 0.1) is 11.3 Å². The summed E-state index contributed by atoms with van der Waals surface area (Å²) in [5, 5.41) is 9.88. The Kier molecular flexibility index (Phi) is 6.36. The van der Waals surface area contributed by atoms with Gasteiger partial charge in [-0.2, -0.15) is 5.26 Å². The first-order valence-electron chi connectivity index (χ1n) is 10.2. The number of rotatable bonds is 3. The van der Waals surface area contributed by atoms with E-state index in [9.17, 15) is 10.1 Å². The molecule has 1 amide bonds. The Morgan fingerprint density at radius 1 is 1.07 bits per heavy atom. The largest absolute Gasteiger partial charge is 0.378 e. The minimum Gasteiger partial charge on any atom is -0.378 e. The van der Waals surface area contributed by atoms with E-state index in [1.807, 2.05) is 24.3 Å². The van der Waals surface area contributed by atoms with Gasteiger partial charge in [0.2, 0.25) is 0 Å². The number of anilines is 2. The number of halogens is 1. The molecule has 0 saturated carbocycles. The zero-order chi connectivity index (χ0) is 20.9. The van der Waals surface area contributed by atoms with E-state index in [1.165, 1.54) is 0 Å². The van der Waals surface area contributed by atoms with Gasteiger partial charge in [-0.1, -0.05) is 23.7 Å². The normalized spacial score (nSPS) is 17.4. The molecule has 0 N–H and O–H groups in total. The third kappa shape index (κ3) is 4.35. The monoisotopic (exact) mass is 425 g/mol. The van der Waals surface area contributed by atoms with Crippen molar-refractivity contribution in [1.29, 1.82) is 5.26 Å². The van der Waals surface area contributed by atoms with Crippen molar-refractivity contribution >= 4 is 29.0 Å². The van der Waals surface area contributed by atoms with Crippen molar-refractivity contribution in [2.75, 3.05) is 62.3 Å². The maximum Gasteiger partial charge on any atom is 0.255 e. The van der Waals surface area contributed by atoms with Crippen LogP contribution in [-0.2, 0) is 4.74 Å². The minimum absolute atomic E-state index is 0.0607. The molecule has 0 atom stereocenters. The first-order valence-corrected chi connectivity index (χ1v) is 10.6. The number of ether oxygens (including phenoxy) is 1. The zero-order valence-corrected chi connectivity index (χ0v) is 17.5. The first-order chi connectivity index (χ1) is 14.7. The van der Waals surface area contributed by atoms with E-state index in [-0.39, 0.29) is 5.91 Å². The second-order valence-corrected chi connectivity index (χ2v) is 7.80. The third-order valence-corrected chi connectivity index (χ3v) is 5.81. The minimum atomic E-state index is -0.0607. The van der Waals surface area contributed by atoms with Gasteiger partial charge in [0.25, 0.3) is 5.91 Å². The molecule has 1 aromatic heterocycles. The lowest BCUT2D eigenvalue weighted by atomic mass is 10.1. The molecular formula is C22H24ClN5O2. The second kappa shape index (κ2) is 9.33. The van der Waals surface area contributed by atoms with Crippen molar-refractivity contribution in [1.82, 2.24) is 9.88 Å². The van der Waals surface area contributed by atoms with Crippen LogP contribution in [0.2, 0.25) is 5.02 Å². The lowest BCUT2D eigenvalue weighted by molar-refractivity contribution is 0.0302. The fourth-order valence-corrected chi connectivity index (χ4v) is 4.23. The Labute approximate surface area is 181 Å². The summed E-state index contributed by atoms with van der Waals surface area (Å²) in [5.41, 5.74) is 2.16. The number of carbonyl (C=O) groups is 1. The Hall–Kier alpha value is -2.82. The molecule has 30 heavy (non-hydrogen) atoms. The molecule has 2 aliphatic rings. The summed E-state index contributed by atoms with van der Waals surface area (Å²) in [4.78, 5) is 23.4. The SMILES string of the molecule is N#Cc1ccccc1N1CCCN(c2ncc(C(=O)N3CCOCC3)cc2Cl)CC1. The van der Waals surface area contributed by atoms with Gasteiger partial charge in [-0.25, -0.2) is 4.98 Å². The van der Waals surface area contributed by atoms with Crippen LogP contribution in [0.1, 0.15) is 22.3 Å². The van der Waals surface area contributed by atoms with Gasteiger partial charge in [0.15, 0.2) is 0 Å². The zero-order valence-electron chi connectivity index (χ0n) is 16.8. The van der Waals surface area contributed by atoms with Crippen LogP contribution >= 0.6 is 11.6 Å². The highest BCUT2D eigenvalue weighted by Crippen LogP contribution is 2.27. The number of hydrogen-bond donors (Lipinski definition) is 0. The maximum atomic E-state index is 12.7. The predicted octanol–water partition coefficient (Wildman–Crippen LogP) is 2.80. The maximum absolute atomic E-state index is 12.7. The van der Waals surface area contributed by atoms with Gasteiger partial charge in [0, 0.05) is 45.5 Å². The molecule has 4 rings (SSSR count). The molecule has 0 radical (unpaired) electrons. The predicted molar refractivity (Wildman–Crippen MR) is 116 cm³/mol. The Morgan fingerprint density at radius 3 is 2.57 bits per heavy atom. The number of para-hydroxylation sites is 1. The van der Waals surface area contributed by atoms with E-state index >= 15 is 0 Å². The molecule has 2 saturated heterocycles. The molecule has 0 aliphatic carbocycles. The number of amides is 1. The molecule has 0 unspecified atom stereocenters. The molecule has 3 heterocycles. The van der Waals surface area contributed by atoms with E-state index < -0.39 is 0 Å². The summed E-state index contributed by atoms with van der Waals surface area (Å²) in [6.07, 6.45) is 2.54. The number of nitrogens with zero attached hydrogens (tertiary/aromatic N) is 5. The summed E-state index contributed by atoms with van der Waals surface area (Å²) in [5.74, 6) is 0.639. The van der Waals surface area contributed by atoms with Crippen LogP contribution in [0.4, 0.5) is 11.5 Å². The summed E-state index contributed by atoms with van der Waals surface area (Å²) in [6.45, 7) is 5.48. The van der Waals surface area contributed by atoms with Crippen LogP contribution in [-0.4, -0.2) is 68.3 Å². The number of morpholine rings is 1.